The normalized spacial score (nSPS) is 34.2. The third-order valence-electron chi connectivity index (χ3n) is 6.57. The van der Waals surface area contributed by atoms with Crippen LogP contribution in [0.25, 0.3) is 0 Å². The van der Waals surface area contributed by atoms with E-state index >= 15 is 0 Å². The molecule has 1 heterocycles. The smallest absolute Gasteiger partial charge is 0.0685 e. The molecule has 3 aliphatic rings. The molecule has 1 spiro atoms. The minimum atomic E-state index is 0.267. The predicted molar refractivity (Wildman–Crippen MR) is 83.9 cm³/mol. The van der Waals surface area contributed by atoms with E-state index in [0.717, 1.165) is 12.5 Å². The number of nitrogens with one attached hydrogen (secondary N) is 1. The first-order chi connectivity index (χ1) is 9.68. The molecule has 3 rings (SSSR count). The van der Waals surface area contributed by atoms with Gasteiger partial charge in [-0.2, -0.15) is 0 Å². The highest BCUT2D eigenvalue weighted by atomic mass is 16.5. The topological polar surface area (TPSA) is 21.3 Å². The van der Waals surface area contributed by atoms with Gasteiger partial charge in [0.15, 0.2) is 0 Å². The molecular weight excluding hydrogens is 246 g/mol. The Bertz CT molecular complexity index is 315. The first kappa shape index (κ1) is 14.8. The second-order valence-corrected chi connectivity index (χ2v) is 7.97. The Morgan fingerprint density at radius 1 is 1.00 bits per heavy atom. The lowest BCUT2D eigenvalue weighted by Crippen LogP contribution is -2.52. The molecule has 2 heteroatoms. The van der Waals surface area contributed by atoms with Crippen LogP contribution in [0.3, 0.4) is 0 Å². The fourth-order valence-electron chi connectivity index (χ4n) is 5.54. The van der Waals surface area contributed by atoms with Crippen molar-refractivity contribution in [2.24, 2.45) is 11.3 Å². The van der Waals surface area contributed by atoms with E-state index < -0.39 is 0 Å². The maximum atomic E-state index is 6.24. The average Bonchev–Trinajstić information content (AvgIpc) is 2.88. The lowest BCUT2D eigenvalue weighted by molar-refractivity contribution is -0.106. The summed E-state index contributed by atoms with van der Waals surface area (Å²) in [6, 6.07) is 0.698. The van der Waals surface area contributed by atoms with E-state index in [4.69, 9.17) is 4.74 Å². The van der Waals surface area contributed by atoms with Gasteiger partial charge < -0.3 is 10.1 Å². The van der Waals surface area contributed by atoms with Crippen LogP contribution in [0.1, 0.15) is 77.6 Å². The van der Waals surface area contributed by atoms with E-state index in [-0.39, 0.29) is 5.60 Å². The molecular formula is C18H33NO. The van der Waals surface area contributed by atoms with Gasteiger partial charge in [0.25, 0.3) is 0 Å². The molecule has 20 heavy (non-hydrogen) atoms. The highest BCUT2D eigenvalue weighted by molar-refractivity contribution is 4.99. The quantitative estimate of drug-likeness (QED) is 0.832. The van der Waals surface area contributed by atoms with Crippen molar-refractivity contribution in [2.75, 3.05) is 13.7 Å². The van der Waals surface area contributed by atoms with Crippen LogP contribution in [0.5, 0.6) is 0 Å². The van der Waals surface area contributed by atoms with Crippen LogP contribution < -0.4 is 5.32 Å². The first-order valence-corrected chi connectivity index (χ1v) is 8.99. The van der Waals surface area contributed by atoms with Crippen molar-refractivity contribution in [1.29, 1.82) is 0 Å². The number of ether oxygens (including phenoxy) is 1. The lowest BCUT2D eigenvalue weighted by Gasteiger charge is -2.49. The van der Waals surface area contributed by atoms with Gasteiger partial charge in [0, 0.05) is 12.6 Å². The fourth-order valence-corrected chi connectivity index (χ4v) is 5.54. The largest absolute Gasteiger partial charge is 0.375 e. The van der Waals surface area contributed by atoms with Crippen molar-refractivity contribution < 1.29 is 4.74 Å². The molecule has 2 saturated carbocycles. The summed E-state index contributed by atoms with van der Waals surface area (Å²) in [6.45, 7) is 3.54. The number of hydrogen-bond donors (Lipinski definition) is 1. The van der Waals surface area contributed by atoms with Crippen LogP contribution in [0, 0.1) is 11.3 Å². The monoisotopic (exact) mass is 279 g/mol. The van der Waals surface area contributed by atoms with Crippen LogP contribution in [-0.2, 0) is 4.74 Å². The van der Waals surface area contributed by atoms with Crippen LogP contribution in [0.4, 0.5) is 0 Å². The van der Waals surface area contributed by atoms with E-state index in [1.54, 1.807) is 0 Å². The van der Waals surface area contributed by atoms with E-state index in [1.807, 2.05) is 0 Å². The molecule has 1 N–H and O–H groups in total. The van der Waals surface area contributed by atoms with Crippen LogP contribution in [0.2, 0.25) is 0 Å². The highest BCUT2D eigenvalue weighted by Gasteiger charge is 2.46. The summed E-state index contributed by atoms with van der Waals surface area (Å²) in [6.07, 6.45) is 15.1. The summed E-state index contributed by atoms with van der Waals surface area (Å²) in [5, 5.41) is 3.73. The van der Waals surface area contributed by atoms with Crippen molar-refractivity contribution >= 4 is 0 Å². The van der Waals surface area contributed by atoms with Gasteiger partial charge in [-0.15, -0.1) is 0 Å². The van der Waals surface area contributed by atoms with Gasteiger partial charge >= 0.3 is 0 Å². The molecule has 0 aromatic heterocycles. The first-order valence-electron chi connectivity index (χ1n) is 8.99. The van der Waals surface area contributed by atoms with Gasteiger partial charge in [0.05, 0.1) is 5.60 Å². The van der Waals surface area contributed by atoms with Gasteiger partial charge in [-0.25, -0.2) is 0 Å². The summed E-state index contributed by atoms with van der Waals surface area (Å²) in [4.78, 5) is 0. The average molecular weight is 279 g/mol. The summed E-state index contributed by atoms with van der Waals surface area (Å²) < 4.78 is 6.24. The Morgan fingerprint density at radius 2 is 1.65 bits per heavy atom. The Hall–Kier alpha value is -0.0800. The Balaban J connectivity index is 1.71. The molecule has 1 saturated heterocycles. The zero-order chi connectivity index (χ0) is 14.1. The van der Waals surface area contributed by atoms with Crippen molar-refractivity contribution in [1.82, 2.24) is 5.32 Å². The summed E-state index contributed by atoms with van der Waals surface area (Å²) in [5.74, 6) is 0.829. The molecule has 1 aliphatic heterocycles. The van der Waals surface area contributed by atoms with E-state index in [2.05, 4.69) is 19.3 Å². The molecule has 0 bridgehead atoms. The van der Waals surface area contributed by atoms with Gasteiger partial charge in [0.2, 0.25) is 0 Å². The van der Waals surface area contributed by atoms with E-state index in [1.165, 1.54) is 70.6 Å². The summed E-state index contributed by atoms with van der Waals surface area (Å²) in [5.41, 5.74) is 0.790. The highest BCUT2D eigenvalue weighted by Crippen LogP contribution is 2.48. The van der Waals surface area contributed by atoms with Crippen LogP contribution in [-0.4, -0.2) is 25.3 Å². The van der Waals surface area contributed by atoms with Gasteiger partial charge in [0.1, 0.15) is 0 Å². The molecule has 0 amide bonds. The predicted octanol–water partition coefficient (Wildman–Crippen LogP) is 4.28. The summed E-state index contributed by atoms with van der Waals surface area (Å²) in [7, 11) is 2.20. The third-order valence-corrected chi connectivity index (χ3v) is 6.57. The molecule has 2 nitrogen and oxygen atoms in total. The van der Waals surface area contributed by atoms with Gasteiger partial charge in [-0.1, -0.05) is 39.0 Å². The Morgan fingerprint density at radius 3 is 2.30 bits per heavy atom. The fraction of sp³-hybridized carbons (Fsp3) is 1.00. The van der Waals surface area contributed by atoms with Crippen molar-refractivity contribution in [3.8, 4) is 0 Å². The maximum Gasteiger partial charge on any atom is 0.0685 e. The van der Waals surface area contributed by atoms with Gasteiger partial charge in [-0.3, -0.25) is 0 Å². The maximum absolute atomic E-state index is 6.24. The van der Waals surface area contributed by atoms with Crippen molar-refractivity contribution in [2.45, 2.75) is 89.2 Å². The minimum Gasteiger partial charge on any atom is -0.375 e. The van der Waals surface area contributed by atoms with Crippen molar-refractivity contribution in [3.63, 3.8) is 0 Å². The molecule has 3 fully saturated rings. The van der Waals surface area contributed by atoms with Crippen LogP contribution >= 0.6 is 0 Å². The zero-order valence-corrected chi connectivity index (χ0v) is 13.5. The molecule has 0 aromatic carbocycles. The van der Waals surface area contributed by atoms with Gasteiger partial charge in [-0.05, 0) is 56.9 Å². The molecule has 116 valence electrons. The molecule has 0 radical (unpaired) electrons. The molecule has 0 aromatic rings. The standard InChI is InChI=1S/C18H33NO/c1-17(9-4-3-5-10-17)16(19-2)15-8-13-20-18(14-15)11-6-7-12-18/h15-16,19H,3-14H2,1-2H3. The van der Waals surface area contributed by atoms with E-state index in [0.29, 0.717) is 11.5 Å². The minimum absolute atomic E-state index is 0.267. The number of rotatable bonds is 3. The Kier molecular flexibility index (Phi) is 4.42. The number of hydrogen-bond acceptors (Lipinski definition) is 2. The second-order valence-electron chi connectivity index (χ2n) is 7.97. The summed E-state index contributed by atoms with van der Waals surface area (Å²) >= 11 is 0. The molecule has 2 unspecified atom stereocenters. The third kappa shape index (κ3) is 2.78. The SMILES string of the molecule is CNC(C1CCOC2(CCCC2)C1)C1(C)CCCCC1. The molecule has 2 atom stereocenters. The zero-order valence-electron chi connectivity index (χ0n) is 13.5. The molecule has 2 aliphatic carbocycles. The Labute approximate surface area is 125 Å². The van der Waals surface area contributed by atoms with Crippen molar-refractivity contribution in [3.05, 3.63) is 0 Å². The second kappa shape index (κ2) is 5.96. The van der Waals surface area contributed by atoms with Crippen LogP contribution in [0.15, 0.2) is 0 Å². The lowest BCUT2D eigenvalue weighted by atomic mass is 9.64. The van der Waals surface area contributed by atoms with E-state index in [9.17, 15) is 0 Å².